The van der Waals surface area contributed by atoms with E-state index in [9.17, 15) is 4.79 Å². The van der Waals surface area contributed by atoms with Gasteiger partial charge >= 0.3 is 5.97 Å². The maximum Gasteiger partial charge on any atom is 0.348 e. The second-order valence-electron chi connectivity index (χ2n) is 4.67. The number of carbonyl (C=O) groups is 1. The van der Waals surface area contributed by atoms with Crippen molar-refractivity contribution in [3.63, 3.8) is 0 Å². The fourth-order valence-corrected chi connectivity index (χ4v) is 1.48. The number of ether oxygens (including phenoxy) is 2. The lowest BCUT2D eigenvalue weighted by atomic mass is 10.1. The summed E-state index contributed by atoms with van der Waals surface area (Å²) < 4.78 is 10.4. The topological polar surface area (TPSA) is 59.3 Å². The lowest BCUT2D eigenvalue weighted by Crippen LogP contribution is -2.11. The number of nitrogens with zero attached hydrogens (tertiary/aromatic N) is 1. The molecule has 1 aromatic rings. The van der Waals surface area contributed by atoms with Crippen LogP contribution in [-0.4, -0.2) is 19.2 Å². The van der Waals surface area contributed by atoms with Gasteiger partial charge in [0.15, 0.2) is 0 Å². The first-order chi connectivity index (χ1) is 9.56. The molecule has 0 N–H and O–H groups in total. The first kappa shape index (κ1) is 15.8. The highest BCUT2D eigenvalue weighted by Crippen LogP contribution is 2.16. The van der Waals surface area contributed by atoms with E-state index in [0.29, 0.717) is 19.0 Å². The number of rotatable bonds is 6. The molecule has 20 heavy (non-hydrogen) atoms. The minimum Gasteiger partial charge on any atom is -0.494 e. The third-order valence-corrected chi connectivity index (χ3v) is 2.37. The van der Waals surface area contributed by atoms with Crippen molar-refractivity contribution in [1.29, 1.82) is 5.26 Å². The Morgan fingerprint density at radius 1 is 1.45 bits per heavy atom. The van der Waals surface area contributed by atoms with Crippen LogP contribution >= 0.6 is 0 Å². The van der Waals surface area contributed by atoms with Crippen LogP contribution < -0.4 is 4.74 Å². The normalized spacial score (nSPS) is 11.1. The molecule has 0 aliphatic rings. The van der Waals surface area contributed by atoms with Gasteiger partial charge in [0.1, 0.15) is 17.4 Å². The van der Waals surface area contributed by atoms with Gasteiger partial charge in [-0.25, -0.2) is 4.79 Å². The monoisotopic (exact) mass is 273 g/mol. The first-order valence-corrected chi connectivity index (χ1v) is 6.58. The molecule has 0 saturated heterocycles. The Balaban J connectivity index is 2.86. The van der Waals surface area contributed by atoms with E-state index in [1.165, 1.54) is 6.08 Å². The molecule has 0 radical (unpaired) electrons. The third-order valence-electron chi connectivity index (χ3n) is 2.37. The van der Waals surface area contributed by atoms with Gasteiger partial charge in [-0.1, -0.05) is 26.0 Å². The van der Waals surface area contributed by atoms with Gasteiger partial charge in [0.05, 0.1) is 13.2 Å². The molecule has 106 valence electrons. The quantitative estimate of drug-likeness (QED) is 0.453. The minimum absolute atomic E-state index is 0.0145. The summed E-state index contributed by atoms with van der Waals surface area (Å²) in [5, 5.41) is 9.05. The zero-order valence-corrected chi connectivity index (χ0v) is 12.1. The SMILES string of the molecule is CCOc1cccc(C=C(C#N)C(=O)OCC(C)C)c1. The Labute approximate surface area is 119 Å². The summed E-state index contributed by atoms with van der Waals surface area (Å²) in [5.41, 5.74) is 0.716. The van der Waals surface area contributed by atoms with E-state index in [1.54, 1.807) is 12.1 Å². The van der Waals surface area contributed by atoms with Crippen LogP contribution in [0.2, 0.25) is 0 Å². The summed E-state index contributed by atoms with van der Waals surface area (Å²) in [7, 11) is 0. The van der Waals surface area contributed by atoms with Gasteiger partial charge in [-0.05, 0) is 36.6 Å². The minimum atomic E-state index is -0.594. The molecule has 0 spiro atoms. The van der Waals surface area contributed by atoms with Crippen LogP contribution in [0.3, 0.4) is 0 Å². The molecule has 0 heterocycles. The number of nitriles is 1. The molecule has 4 nitrogen and oxygen atoms in total. The molecule has 0 saturated carbocycles. The smallest absolute Gasteiger partial charge is 0.348 e. The van der Waals surface area contributed by atoms with Crippen molar-refractivity contribution in [3.8, 4) is 11.8 Å². The first-order valence-electron chi connectivity index (χ1n) is 6.58. The second kappa shape index (κ2) is 8.00. The van der Waals surface area contributed by atoms with E-state index < -0.39 is 5.97 Å². The van der Waals surface area contributed by atoms with Crippen LogP contribution in [0.4, 0.5) is 0 Å². The van der Waals surface area contributed by atoms with Crippen molar-refractivity contribution in [2.75, 3.05) is 13.2 Å². The van der Waals surface area contributed by atoms with Gasteiger partial charge in [0, 0.05) is 0 Å². The zero-order chi connectivity index (χ0) is 15.0. The number of benzene rings is 1. The van der Waals surface area contributed by atoms with Crippen LogP contribution in [0.5, 0.6) is 5.75 Å². The van der Waals surface area contributed by atoms with Crippen LogP contribution in [0.25, 0.3) is 6.08 Å². The van der Waals surface area contributed by atoms with Crippen molar-refractivity contribution in [2.45, 2.75) is 20.8 Å². The molecule has 0 unspecified atom stereocenters. The molecule has 1 rings (SSSR count). The Bertz CT molecular complexity index is 527. The molecular weight excluding hydrogens is 254 g/mol. The zero-order valence-electron chi connectivity index (χ0n) is 12.1. The summed E-state index contributed by atoms with van der Waals surface area (Å²) in [6.45, 7) is 6.64. The van der Waals surface area contributed by atoms with Gasteiger partial charge in [0.25, 0.3) is 0 Å². The van der Waals surface area contributed by atoms with Crippen LogP contribution in [-0.2, 0) is 9.53 Å². The average Bonchev–Trinajstić information content (AvgIpc) is 2.43. The maximum atomic E-state index is 11.7. The number of carbonyl (C=O) groups excluding carboxylic acids is 1. The largest absolute Gasteiger partial charge is 0.494 e. The van der Waals surface area contributed by atoms with Crippen molar-refractivity contribution in [3.05, 3.63) is 35.4 Å². The number of esters is 1. The third kappa shape index (κ3) is 5.15. The molecule has 0 bridgehead atoms. The van der Waals surface area contributed by atoms with Crippen molar-refractivity contribution in [2.24, 2.45) is 5.92 Å². The van der Waals surface area contributed by atoms with E-state index >= 15 is 0 Å². The predicted molar refractivity (Wildman–Crippen MR) is 77.0 cm³/mol. The van der Waals surface area contributed by atoms with Gasteiger partial charge in [-0.3, -0.25) is 0 Å². The van der Waals surface area contributed by atoms with Gasteiger partial charge in [0.2, 0.25) is 0 Å². The van der Waals surface area contributed by atoms with Crippen molar-refractivity contribution < 1.29 is 14.3 Å². The van der Waals surface area contributed by atoms with E-state index in [2.05, 4.69) is 0 Å². The fourth-order valence-electron chi connectivity index (χ4n) is 1.48. The summed E-state index contributed by atoms with van der Waals surface area (Å²) in [6.07, 6.45) is 1.51. The van der Waals surface area contributed by atoms with Gasteiger partial charge in [-0.2, -0.15) is 5.26 Å². The molecule has 1 aromatic carbocycles. The molecule has 0 aromatic heterocycles. The number of hydrogen-bond donors (Lipinski definition) is 0. The Morgan fingerprint density at radius 2 is 2.20 bits per heavy atom. The van der Waals surface area contributed by atoms with Gasteiger partial charge < -0.3 is 9.47 Å². The summed E-state index contributed by atoms with van der Waals surface area (Å²) in [6, 6.07) is 9.08. The molecule has 0 atom stereocenters. The summed E-state index contributed by atoms with van der Waals surface area (Å²) in [5.74, 6) is 0.345. The van der Waals surface area contributed by atoms with Crippen molar-refractivity contribution in [1.82, 2.24) is 0 Å². The highest BCUT2D eigenvalue weighted by Gasteiger charge is 2.11. The van der Waals surface area contributed by atoms with Crippen LogP contribution in [0, 0.1) is 17.2 Å². The molecule has 0 aliphatic carbocycles. The molecule has 4 heteroatoms. The van der Waals surface area contributed by atoms with E-state index in [1.807, 2.05) is 39.0 Å². The molecule has 0 fully saturated rings. The summed E-state index contributed by atoms with van der Waals surface area (Å²) >= 11 is 0. The number of hydrogen-bond acceptors (Lipinski definition) is 4. The lowest BCUT2D eigenvalue weighted by molar-refractivity contribution is -0.139. The molecule has 0 aliphatic heterocycles. The lowest BCUT2D eigenvalue weighted by Gasteiger charge is -2.06. The van der Waals surface area contributed by atoms with E-state index in [0.717, 1.165) is 5.56 Å². The Hall–Kier alpha value is -2.28. The fraction of sp³-hybridized carbons (Fsp3) is 0.375. The molecular formula is C16H19NO3. The predicted octanol–water partition coefficient (Wildman–Crippen LogP) is 3.19. The van der Waals surface area contributed by atoms with Crippen LogP contribution in [0.1, 0.15) is 26.3 Å². The maximum absolute atomic E-state index is 11.7. The summed E-state index contributed by atoms with van der Waals surface area (Å²) in [4.78, 5) is 11.7. The standard InChI is InChI=1S/C16H19NO3/c1-4-19-15-7-5-6-13(9-15)8-14(10-17)16(18)20-11-12(2)3/h5-9,12H,4,11H2,1-3H3. The van der Waals surface area contributed by atoms with Crippen LogP contribution in [0.15, 0.2) is 29.8 Å². The van der Waals surface area contributed by atoms with Crippen molar-refractivity contribution >= 4 is 12.0 Å². The van der Waals surface area contributed by atoms with E-state index in [-0.39, 0.29) is 11.5 Å². The highest BCUT2D eigenvalue weighted by molar-refractivity contribution is 5.97. The molecule has 0 amide bonds. The average molecular weight is 273 g/mol. The second-order valence-corrected chi connectivity index (χ2v) is 4.67. The Morgan fingerprint density at radius 3 is 2.80 bits per heavy atom. The highest BCUT2D eigenvalue weighted by atomic mass is 16.5. The van der Waals surface area contributed by atoms with E-state index in [4.69, 9.17) is 14.7 Å². The van der Waals surface area contributed by atoms with Gasteiger partial charge in [-0.15, -0.1) is 0 Å². The Kier molecular flexibility index (Phi) is 6.31.